The Labute approximate surface area is 163 Å². The largest absolute Gasteiger partial charge is 0.481 e. The fraction of sp³-hybridized carbons (Fsp3) is 0.632. The monoisotopic (exact) mass is 392 g/mol. The van der Waals surface area contributed by atoms with Gasteiger partial charge >= 0.3 is 5.97 Å². The Balaban J connectivity index is 1.74. The Kier molecular flexibility index (Phi) is 4.76. The number of aromatic nitrogens is 3. The number of carboxylic acids is 1. The standard InChI is InChI=1S/C19H25ClN4O3/c1-3-19-8-6-11(7-9-19)15(14(19)17(25)26)21-16-13-5-4-12(10-27-2)24(13)23-18(20)22-16/h4-5,11,14-15H,3,6-10H2,1-2H3,(H,25,26)(H,21,22,23)/t11?,14-,15-,19?/m0/s1. The second-order valence-electron chi connectivity index (χ2n) is 7.82. The minimum atomic E-state index is -0.717. The van der Waals surface area contributed by atoms with Crippen molar-refractivity contribution in [1.29, 1.82) is 0 Å². The number of ether oxygens (including phenoxy) is 1. The van der Waals surface area contributed by atoms with Crippen molar-refractivity contribution in [2.75, 3.05) is 12.4 Å². The molecule has 3 fully saturated rings. The number of carbonyl (C=O) groups is 1. The summed E-state index contributed by atoms with van der Waals surface area (Å²) in [6.45, 7) is 2.52. The summed E-state index contributed by atoms with van der Waals surface area (Å²) < 4.78 is 6.93. The van der Waals surface area contributed by atoms with Gasteiger partial charge in [0.1, 0.15) is 5.52 Å². The van der Waals surface area contributed by atoms with Crippen molar-refractivity contribution in [3.63, 3.8) is 0 Å². The lowest BCUT2D eigenvalue weighted by atomic mass is 9.52. The maximum absolute atomic E-state index is 12.2. The fourth-order valence-electron chi connectivity index (χ4n) is 5.27. The van der Waals surface area contributed by atoms with E-state index >= 15 is 0 Å². The Hall–Kier alpha value is -1.86. The molecular weight excluding hydrogens is 368 g/mol. The molecule has 2 aromatic heterocycles. The van der Waals surface area contributed by atoms with E-state index in [9.17, 15) is 9.90 Å². The van der Waals surface area contributed by atoms with Crippen molar-refractivity contribution < 1.29 is 14.6 Å². The molecule has 146 valence electrons. The van der Waals surface area contributed by atoms with Crippen LogP contribution >= 0.6 is 11.6 Å². The maximum Gasteiger partial charge on any atom is 0.309 e. The van der Waals surface area contributed by atoms with Crippen LogP contribution in [0.5, 0.6) is 0 Å². The molecule has 3 aliphatic carbocycles. The fourth-order valence-corrected chi connectivity index (χ4v) is 5.43. The lowest BCUT2D eigenvalue weighted by molar-refractivity contribution is -0.155. The van der Waals surface area contributed by atoms with Crippen LogP contribution in [0.15, 0.2) is 12.1 Å². The van der Waals surface area contributed by atoms with Gasteiger partial charge in [0, 0.05) is 13.2 Å². The van der Waals surface area contributed by atoms with E-state index in [1.54, 1.807) is 11.6 Å². The molecule has 0 aliphatic heterocycles. The van der Waals surface area contributed by atoms with Crippen LogP contribution in [0.2, 0.25) is 5.28 Å². The van der Waals surface area contributed by atoms with Gasteiger partial charge < -0.3 is 15.2 Å². The minimum absolute atomic E-state index is 0.122. The van der Waals surface area contributed by atoms with Crippen LogP contribution in [-0.4, -0.2) is 38.8 Å². The number of hydrogen-bond acceptors (Lipinski definition) is 5. The molecule has 2 bridgehead atoms. The zero-order valence-electron chi connectivity index (χ0n) is 15.6. The zero-order valence-corrected chi connectivity index (χ0v) is 16.4. The van der Waals surface area contributed by atoms with Gasteiger partial charge in [-0.05, 0) is 67.2 Å². The number of halogens is 1. The number of aliphatic carboxylic acids is 1. The first-order valence-corrected chi connectivity index (χ1v) is 9.89. The molecule has 7 nitrogen and oxygen atoms in total. The number of anilines is 1. The lowest BCUT2D eigenvalue weighted by Crippen LogP contribution is -2.57. The smallest absolute Gasteiger partial charge is 0.309 e. The molecule has 2 aromatic rings. The number of hydrogen-bond donors (Lipinski definition) is 2. The molecule has 0 aromatic carbocycles. The van der Waals surface area contributed by atoms with Gasteiger partial charge in [0.05, 0.1) is 18.2 Å². The van der Waals surface area contributed by atoms with Crippen LogP contribution in [-0.2, 0) is 16.1 Å². The molecular formula is C19H25ClN4O3. The molecule has 0 spiro atoms. The number of methoxy groups -OCH3 is 1. The number of nitrogens with zero attached hydrogens (tertiary/aromatic N) is 3. The Morgan fingerprint density at radius 2 is 2.19 bits per heavy atom. The Bertz CT molecular complexity index is 860. The summed E-state index contributed by atoms with van der Waals surface area (Å²) in [5.74, 6) is -0.211. The summed E-state index contributed by atoms with van der Waals surface area (Å²) >= 11 is 6.16. The number of carboxylic acid groups (broad SMARTS) is 1. The second kappa shape index (κ2) is 6.95. The topological polar surface area (TPSA) is 88.8 Å². The van der Waals surface area contributed by atoms with Crippen molar-refractivity contribution in [2.24, 2.45) is 17.3 Å². The zero-order chi connectivity index (χ0) is 19.2. The first-order chi connectivity index (χ1) is 13.0. The summed E-state index contributed by atoms with van der Waals surface area (Å²) in [7, 11) is 1.63. The van der Waals surface area contributed by atoms with Crippen LogP contribution in [0.25, 0.3) is 5.52 Å². The quantitative estimate of drug-likeness (QED) is 0.780. The van der Waals surface area contributed by atoms with E-state index in [0.717, 1.165) is 43.3 Å². The van der Waals surface area contributed by atoms with Gasteiger partial charge in [-0.15, -0.1) is 5.10 Å². The van der Waals surface area contributed by atoms with Gasteiger partial charge in [-0.1, -0.05) is 6.92 Å². The molecule has 2 heterocycles. The van der Waals surface area contributed by atoms with Crippen LogP contribution in [0.4, 0.5) is 5.82 Å². The van der Waals surface area contributed by atoms with E-state index < -0.39 is 11.9 Å². The number of rotatable bonds is 6. The molecule has 8 heteroatoms. The molecule has 0 radical (unpaired) electrons. The number of fused-ring (bicyclic) bond motifs is 4. The summed E-state index contributed by atoms with van der Waals surface area (Å²) in [4.78, 5) is 16.6. The first-order valence-electron chi connectivity index (χ1n) is 9.51. The predicted molar refractivity (Wildman–Crippen MR) is 102 cm³/mol. The third kappa shape index (κ3) is 2.97. The lowest BCUT2D eigenvalue weighted by Gasteiger charge is -2.55. The van der Waals surface area contributed by atoms with E-state index in [-0.39, 0.29) is 16.7 Å². The SMILES string of the molecule is CCC12CCC(CC1)[C@H](Nc1nc(Cl)nn3c(COC)ccc13)[C@H]2C(=O)O. The van der Waals surface area contributed by atoms with Gasteiger partial charge in [-0.3, -0.25) is 4.79 Å². The Morgan fingerprint density at radius 3 is 2.81 bits per heavy atom. The number of nitrogens with one attached hydrogen (secondary N) is 1. The molecule has 0 amide bonds. The van der Waals surface area contributed by atoms with Gasteiger partial charge in [-0.25, -0.2) is 4.52 Å². The van der Waals surface area contributed by atoms with E-state index in [4.69, 9.17) is 16.3 Å². The highest BCUT2D eigenvalue weighted by Gasteiger charge is 2.55. The van der Waals surface area contributed by atoms with E-state index in [1.165, 1.54) is 0 Å². The van der Waals surface area contributed by atoms with Crippen molar-refractivity contribution in [3.05, 3.63) is 23.1 Å². The molecule has 3 aliphatic rings. The van der Waals surface area contributed by atoms with Crippen LogP contribution < -0.4 is 5.32 Å². The summed E-state index contributed by atoms with van der Waals surface area (Å²) in [5, 5.41) is 17.9. The molecule has 0 saturated heterocycles. The normalized spacial score (nSPS) is 30.0. The third-order valence-electron chi connectivity index (χ3n) is 6.68. The Morgan fingerprint density at radius 1 is 1.44 bits per heavy atom. The van der Waals surface area contributed by atoms with Gasteiger partial charge in [-0.2, -0.15) is 4.98 Å². The van der Waals surface area contributed by atoms with E-state index in [1.807, 2.05) is 12.1 Å². The van der Waals surface area contributed by atoms with Crippen molar-refractivity contribution in [1.82, 2.24) is 14.6 Å². The van der Waals surface area contributed by atoms with Crippen LogP contribution in [0.3, 0.4) is 0 Å². The molecule has 3 saturated carbocycles. The van der Waals surface area contributed by atoms with Gasteiger partial charge in [0.2, 0.25) is 5.28 Å². The van der Waals surface area contributed by atoms with E-state index in [2.05, 4.69) is 22.3 Å². The van der Waals surface area contributed by atoms with Crippen molar-refractivity contribution in [2.45, 2.75) is 51.7 Å². The van der Waals surface area contributed by atoms with Crippen LogP contribution in [0, 0.1) is 17.3 Å². The maximum atomic E-state index is 12.2. The highest BCUT2D eigenvalue weighted by atomic mass is 35.5. The molecule has 0 unspecified atom stereocenters. The molecule has 27 heavy (non-hydrogen) atoms. The third-order valence-corrected chi connectivity index (χ3v) is 6.84. The predicted octanol–water partition coefficient (Wildman–Crippen LogP) is 3.61. The van der Waals surface area contributed by atoms with E-state index in [0.29, 0.717) is 18.3 Å². The van der Waals surface area contributed by atoms with Gasteiger partial charge in [0.15, 0.2) is 5.82 Å². The highest BCUT2D eigenvalue weighted by Crippen LogP contribution is 2.56. The average molecular weight is 393 g/mol. The van der Waals surface area contributed by atoms with Crippen molar-refractivity contribution >= 4 is 28.9 Å². The molecule has 5 rings (SSSR count). The molecule has 2 N–H and O–H groups in total. The first kappa shape index (κ1) is 18.5. The minimum Gasteiger partial charge on any atom is -0.481 e. The summed E-state index contributed by atoms with van der Waals surface area (Å²) in [6.07, 6.45) is 4.98. The highest BCUT2D eigenvalue weighted by molar-refractivity contribution is 6.28. The van der Waals surface area contributed by atoms with Crippen LogP contribution in [0.1, 0.15) is 44.7 Å². The molecule has 2 atom stereocenters. The van der Waals surface area contributed by atoms with Crippen molar-refractivity contribution in [3.8, 4) is 0 Å². The average Bonchev–Trinajstić information content (AvgIpc) is 3.05. The summed E-state index contributed by atoms with van der Waals surface area (Å²) in [6, 6.07) is 3.68. The van der Waals surface area contributed by atoms with Gasteiger partial charge in [0.25, 0.3) is 0 Å². The second-order valence-corrected chi connectivity index (χ2v) is 8.16. The summed E-state index contributed by atoms with van der Waals surface area (Å²) in [5.41, 5.74) is 1.52.